The highest BCUT2D eigenvalue weighted by atomic mass is 16.5. The summed E-state index contributed by atoms with van der Waals surface area (Å²) in [6, 6.07) is 8.11. The van der Waals surface area contributed by atoms with Crippen LogP contribution in [0.2, 0.25) is 0 Å². The molecule has 0 atom stereocenters. The van der Waals surface area contributed by atoms with Gasteiger partial charge in [-0.3, -0.25) is 9.58 Å². The fourth-order valence-corrected chi connectivity index (χ4v) is 2.65. The number of aliphatic hydroxyl groups is 1. The molecule has 0 saturated carbocycles. The molecule has 1 heterocycles. The van der Waals surface area contributed by atoms with Crippen molar-refractivity contribution in [1.29, 1.82) is 0 Å². The predicted octanol–water partition coefficient (Wildman–Crippen LogP) is 2.31. The van der Waals surface area contributed by atoms with Crippen molar-refractivity contribution in [1.82, 2.24) is 14.7 Å². The average molecular weight is 317 g/mol. The van der Waals surface area contributed by atoms with Crippen LogP contribution in [0.5, 0.6) is 5.75 Å². The summed E-state index contributed by atoms with van der Waals surface area (Å²) in [5.74, 6) is 0.918. The van der Waals surface area contributed by atoms with E-state index in [0.29, 0.717) is 13.2 Å². The SMILES string of the molecule is Cc1cccc(OCCN(C)Cc2c(C)nn(CCO)c2C)c1. The summed E-state index contributed by atoms with van der Waals surface area (Å²) in [5, 5.41) is 13.6. The number of aliphatic hydroxyl groups excluding tert-OH is 1. The summed E-state index contributed by atoms with van der Waals surface area (Å²) in [6.45, 7) is 9.14. The van der Waals surface area contributed by atoms with Crippen molar-refractivity contribution in [2.45, 2.75) is 33.9 Å². The number of rotatable bonds is 8. The van der Waals surface area contributed by atoms with Gasteiger partial charge in [0.1, 0.15) is 12.4 Å². The van der Waals surface area contributed by atoms with Crippen molar-refractivity contribution in [3.63, 3.8) is 0 Å². The van der Waals surface area contributed by atoms with Gasteiger partial charge in [-0.2, -0.15) is 5.10 Å². The Bertz CT molecular complexity index is 637. The highest BCUT2D eigenvalue weighted by Crippen LogP contribution is 2.15. The van der Waals surface area contributed by atoms with E-state index in [9.17, 15) is 0 Å². The summed E-state index contributed by atoms with van der Waals surface area (Å²) in [4.78, 5) is 2.23. The molecule has 0 bridgehead atoms. The normalized spacial score (nSPS) is 11.2. The topological polar surface area (TPSA) is 50.5 Å². The van der Waals surface area contributed by atoms with Gasteiger partial charge in [-0.05, 0) is 45.5 Å². The molecule has 0 aliphatic rings. The number of benzene rings is 1. The Morgan fingerprint density at radius 2 is 2.04 bits per heavy atom. The first-order valence-electron chi connectivity index (χ1n) is 8.03. The zero-order valence-corrected chi connectivity index (χ0v) is 14.5. The lowest BCUT2D eigenvalue weighted by Crippen LogP contribution is -2.24. The molecule has 2 rings (SSSR count). The van der Waals surface area contributed by atoms with Gasteiger partial charge >= 0.3 is 0 Å². The average Bonchev–Trinajstić information content (AvgIpc) is 2.75. The maximum Gasteiger partial charge on any atom is 0.119 e. The molecule has 5 heteroatoms. The first-order chi connectivity index (χ1) is 11.0. The van der Waals surface area contributed by atoms with Gasteiger partial charge in [-0.15, -0.1) is 0 Å². The molecule has 1 aromatic carbocycles. The van der Waals surface area contributed by atoms with Crippen molar-refractivity contribution >= 4 is 0 Å². The molecular weight excluding hydrogens is 290 g/mol. The van der Waals surface area contributed by atoms with E-state index in [0.717, 1.165) is 30.2 Å². The Kier molecular flexibility index (Phi) is 6.19. The third-order valence-electron chi connectivity index (χ3n) is 4.00. The molecule has 0 unspecified atom stereocenters. The molecule has 0 saturated heterocycles. The number of aromatic nitrogens is 2. The van der Waals surface area contributed by atoms with Gasteiger partial charge in [-0.25, -0.2) is 0 Å². The highest BCUT2D eigenvalue weighted by molar-refractivity contribution is 5.27. The van der Waals surface area contributed by atoms with Crippen LogP contribution in [0.1, 0.15) is 22.5 Å². The number of nitrogens with zero attached hydrogens (tertiary/aromatic N) is 3. The maximum absolute atomic E-state index is 9.08. The summed E-state index contributed by atoms with van der Waals surface area (Å²) in [5.41, 5.74) is 4.60. The quantitative estimate of drug-likeness (QED) is 0.812. The van der Waals surface area contributed by atoms with Crippen molar-refractivity contribution in [3.05, 3.63) is 46.8 Å². The minimum atomic E-state index is 0.113. The summed E-state index contributed by atoms with van der Waals surface area (Å²) in [6.07, 6.45) is 0. The van der Waals surface area contributed by atoms with E-state index >= 15 is 0 Å². The zero-order valence-electron chi connectivity index (χ0n) is 14.5. The van der Waals surface area contributed by atoms with Crippen LogP contribution in [-0.2, 0) is 13.1 Å². The number of ether oxygens (including phenoxy) is 1. The Morgan fingerprint density at radius 1 is 1.26 bits per heavy atom. The molecule has 1 N–H and O–H groups in total. The Hall–Kier alpha value is -1.85. The van der Waals surface area contributed by atoms with Crippen LogP contribution in [0.15, 0.2) is 24.3 Å². The largest absolute Gasteiger partial charge is 0.492 e. The second kappa shape index (κ2) is 8.13. The number of likely N-dealkylation sites (N-methyl/N-ethyl adjacent to an activating group) is 1. The smallest absolute Gasteiger partial charge is 0.119 e. The van der Waals surface area contributed by atoms with Crippen LogP contribution in [0.4, 0.5) is 0 Å². The molecule has 23 heavy (non-hydrogen) atoms. The van der Waals surface area contributed by atoms with Crippen molar-refractivity contribution in [2.75, 3.05) is 26.8 Å². The second-order valence-corrected chi connectivity index (χ2v) is 6.00. The molecule has 0 spiro atoms. The van der Waals surface area contributed by atoms with Gasteiger partial charge in [0, 0.05) is 24.3 Å². The van der Waals surface area contributed by atoms with Crippen molar-refractivity contribution in [3.8, 4) is 5.75 Å². The van der Waals surface area contributed by atoms with Gasteiger partial charge in [0.2, 0.25) is 0 Å². The minimum absolute atomic E-state index is 0.113. The van der Waals surface area contributed by atoms with Gasteiger partial charge in [0.05, 0.1) is 18.8 Å². The van der Waals surface area contributed by atoms with Crippen LogP contribution in [0, 0.1) is 20.8 Å². The Balaban J connectivity index is 1.86. The molecule has 0 fully saturated rings. The lowest BCUT2D eigenvalue weighted by molar-refractivity contribution is 0.232. The number of hydrogen-bond donors (Lipinski definition) is 1. The van der Waals surface area contributed by atoms with Crippen molar-refractivity contribution in [2.24, 2.45) is 0 Å². The third kappa shape index (κ3) is 4.81. The Morgan fingerprint density at radius 3 is 2.74 bits per heavy atom. The van der Waals surface area contributed by atoms with Crippen molar-refractivity contribution < 1.29 is 9.84 Å². The van der Waals surface area contributed by atoms with Crippen LogP contribution in [-0.4, -0.2) is 46.6 Å². The number of aryl methyl sites for hydroxylation is 2. The monoisotopic (exact) mass is 317 g/mol. The molecule has 2 aromatic rings. The van der Waals surface area contributed by atoms with E-state index in [-0.39, 0.29) is 6.61 Å². The minimum Gasteiger partial charge on any atom is -0.492 e. The van der Waals surface area contributed by atoms with Gasteiger partial charge < -0.3 is 9.84 Å². The highest BCUT2D eigenvalue weighted by Gasteiger charge is 2.13. The van der Waals surface area contributed by atoms with E-state index in [1.807, 2.05) is 29.8 Å². The standard InChI is InChI=1S/C18H27N3O2/c1-14-6-5-7-17(12-14)23-11-9-20(4)13-18-15(2)19-21(8-10-22)16(18)3/h5-7,12,22H,8-11,13H2,1-4H3. The van der Waals surface area contributed by atoms with Gasteiger partial charge in [0.25, 0.3) is 0 Å². The molecule has 0 radical (unpaired) electrons. The molecule has 1 aromatic heterocycles. The molecule has 5 nitrogen and oxygen atoms in total. The maximum atomic E-state index is 9.08. The first-order valence-corrected chi connectivity index (χ1v) is 8.03. The molecule has 0 aliphatic carbocycles. The van der Waals surface area contributed by atoms with Gasteiger partial charge in [-0.1, -0.05) is 12.1 Å². The van der Waals surface area contributed by atoms with Crippen LogP contribution < -0.4 is 4.74 Å². The lowest BCUT2D eigenvalue weighted by atomic mass is 10.2. The fourth-order valence-electron chi connectivity index (χ4n) is 2.65. The molecule has 0 amide bonds. The zero-order chi connectivity index (χ0) is 16.8. The van der Waals surface area contributed by atoms with E-state index in [4.69, 9.17) is 9.84 Å². The second-order valence-electron chi connectivity index (χ2n) is 6.00. The summed E-state index contributed by atoms with van der Waals surface area (Å²) in [7, 11) is 2.09. The van der Waals surface area contributed by atoms with E-state index in [1.165, 1.54) is 11.1 Å². The molecular formula is C18H27N3O2. The molecule has 126 valence electrons. The van der Waals surface area contributed by atoms with E-state index in [1.54, 1.807) is 0 Å². The van der Waals surface area contributed by atoms with Crippen LogP contribution in [0.3, 0.4) is 0 Å². The summed E-state index contributed by atoms with van der Waals surface area (Å²) < 4.78 is 7.68. The van der Waals surface area contributed by atoms with Gasteiger partial charge in [0.15, 0.2) is 0 Å². The van der Waals surface area contributed by atoms with E-state index < -0.39 is 0 Å². The van der Waals surface area contributed by atoms with E-state index in [2.05, 4.69) is 37.0 Å². The first kappa shape index (κ1) is 17.5. The number of hydrogen-bond acceptors (Lipinski definition) is 4. The Labute approximate surface area is 138 Å². The van der Waals surface area contributed by atoms with Crippen LogP contribution in [0.25, 0.3) is 0 Å². The van der Waals surface area contributed by atoms with Crippen LogP contribution >= 0.6 is 0 Å². The fraction of sp³-hybridized carbons (Fsp3) is 0.500. The lowest BCUT2D eigenvalue weighted by Gasteiger charge is -2.17. The molecule has 0 aliphatic heterocycles. The third-order valence-corrected chi connectivity index (χ3v) is 4.00. The summed E-state index contributed by atoms with van der Waals surface area (Å²) >= 11 is 0. The predicted molar refractivity (Wildman–Crippen MR) is 91.8 cm³/mol.